The van der Waals surface area contributed by atoms with Crippen molar-refractivity contribution in [3.05, 3.63) is 30.2 Å². The van der Waals surface area contributed by atoms with E-state index in [1.54, 1.807) is 0 Å². The van der Waals surface area contributed by atoms with Crippen LogP contribution in [-0.2, 0) is 21.2 Å². The fourth-order valence-electron chi connectivity index (χ4n) is 1.32. The molecule has 1 atom stereocenters. The van der Waals surface area contributed by atoms with Gasteiger partial charge in [-0.3, -0.25) is 0 Å². The molecule has 1 aromatic heterocycles. The number of rotatable bonds is 1. The van der Waals surface area contributed by atoms with Gasteiger partial charge in [-0.05, 0) is 0 Å². The van der Waals surface area contributed by atoms with Crippen LogP contribution in [0.4, 0.5) is 0 Å². The van der Waals surface area contributed by atoms with Crippen molar-refractivity contribution in [2.75, 3.05) is 0 Å². The minimum atomic E-state index is -1.07. The molecule has 0 saturated carbocycles. The van der Waals surface area contributed by atoms with E-state index in [0.29, 0.717) is 0 Å². The number of para-hydroxylation sites is 1. The van der Waals surface area contributed by atoms with Gasteiger partial charge in [-0.25, -0.2) is 0 Å². The molecule has 1 heterocycles. The summed E-state index contributed by atoms with van der Waals surface area (Å²) in [4.78, 5) is 4.54. The van der Waals surface area contributed by atoms with Gasteiger partial charge >= 0.3 is 81.1 Å². The number of hydrogen-bond donors (Lipinski definition) is 0. The van der Waals surface area contributed by atoms with E-state index < -0.39 is 21.2 Å². The van der Waals surface area contributed by atoms with Crippen molar-refractivity contribution in [1.29, 1.82) is 0 Å². The first-order valence-electron chi connectivity index (χ1n) is 4.01. The molecule has 2 rings (SSSR count). The van der Waals surface area contributed by atoms with Gasteiger partial charge in [0.1, 0.15) is 0 Å². The Morgan fingerprint density at radius 3 is 2.75 bits per heavy atom. The van der Waals surface area contributed by atoms with Gasteiger partial charge in [-0.2, -0.15) is 0 Å². The third-order valence-electron chi connectivity index (χ3n) is 1.94. The average Bonchev–Trinajstić information content (AvgIpc) is 2.47. The fraction of sp³-hybridized carbons (Fsp3) is 0.222. The molecule has 0 radical (unpaired) electrons. The zero-order valence-electron chi connectivity index (χ0n) is 7.28. The third kappa shape index (κ3) is 1.43. The molecule has 12 heavy (non-hydrogen) atoms. The van der Waals surface area contributed by atoms with Gasteiger partial charge in [-0.15, -0.1) is 0 Å². The molecular weight excluding hydrogens is 244 g/mol. The zero-order valence-corrected chi connectivity index (χ0v) is 10.6. The first kappa shape index (κ1) is 8.66. The van der Waals surface area contributed by atoms with Crippen molar-refractivity contribution in [2.45, 2.75) is 9.26 Å². The number of fused-ring (bicyclic) bond motifs is 1. The predicted octanol–water partition coefficient (Wildman–Crippen LogP) is 3.70. The summed E-state index contributed by atoms with van der Waals surface area (Å²) in [6.07, 6.45) is 0. The molecule has 1 nitrogen and oxygen atoms in total. The molecular formula is C9H11NPZr. The van der Waals surface area contributed by atoms with Crippen LogP contribution in [0.25, 0.3) is 10.6 Å². The second-order valence-corrected chi connectivity index (χ2v) is 18.0. The Balaban J connectivity index is 2.70. The molecule has 0 amide bonds. The zero-order chi connectivity index (χ0) is 8.55. The number of aromatic nitrogens is 1. The number of hydrogen-bond acceptors (Lipinski definition) is 1. The van der Waals surface area contributed by atoms with Gasteiger partial charge in [0.2, 0.25) is 0 Å². The maximum atomic E-state index is 4.45. The van der Waals surface area contributed by atoms with E-state index in [1.165, 1.54) is 10.6 Å². The standard InChI is InChI=1S/C7H5NP.2CH3.Zr/c1-2-4-7-6(3-1)8-5-9-7;;;/h1-5H;2*1H3;/q-1;;;+1. The maximum absolute atomic E-state index is 4.45. The van der Waals surface area contributed by atoms with Crippen LogP contribution >= 0.6 is 4.83 Å². The molecule has 1 unspecified atom stereocenters. The van der Waals surface area contributed by atoms with Crippen LogP contribution < -0.4 is 0 Å². The van der Waals surface area contributed by atoms with Gasteiger partial charge in [0.05, 0.1) is 0 Å². The van der Waals surface area contributed by atoms with Crippen LogP contribution in [0.5, 0.6) is 0 Å². The van der Waals surface area contributed by atoms with Crippen molar-refractivity contribution in [2.24, 2.45) is 0 Å². The van der Waals surface area contributed by atoms with Crippen LogP contribution in [0, 0.1) is 0 Å². The summed E-state index contributed by atoms with van der Waals surface area (Å²) in [5, 5.41) is 1.53. The van der Waals surface area contributed by atoms with Crippen molar-refractivity contribution in [3.8, 4) is 0 Å². The Morgan fingerprint density at radius 1 is 1.25 bits per heavy atom. The van der Waals surface area contributed by atoms with E-state index in [0.717, 1.165) is 0 Å². The Kier molecular flexibility index (Phi) is 2.48. The summed E-state index contributed by atoms with van der Waals surface area (Å²) < 4.78 is 4.92. The van der Waals surface area contributed by atoms with Gasteiger partial charge < -0.3 is 0 Å². The van der Waals surface area contributed by atoms with Crippen molar-refractivity contribution < 1.29 is 21.2 Å². The van der Waals surface area contributed by atoms with Gasteiger partial charge in [0.15, 0.2) is 0 Å². The quantitative estimate of drug-likeness (QED) is 0.757. The minimum absolute atomic E-state index is 0.0850. The van der Waals surface area contributed by atoms with Crippen LogP contribution in [0.1, 0.15) is 0 Å². The van der Waals surface area contributed by atoms with E-state index in [1.807, 2.05) is 0 Å². The first-order chi connectivity index (χ1) is 5.79. The number of benzene rings is 1. The molecule has 0 N–H and O–H groups in total. The van der Waals surface area contributed by atoms with E-state index in [9.17, 15) is 0 Å². The average molecular weight is 255 g/mol. The molecule has 1 aromatic carbocycles. The molecule has 0 aliphatic rings. The Morgan fingerprint density at radius 2 is 2.00 bits per heavy atom. The first-order valence-corrected chi connectivity index (χ1v) is 13.6. The van der Waals surface area contributed by atoms with E-state index in [2.05, 4.69) is 44.4 Å². The van der Waals surface area contributed by atoms with Gasteiger partial charge in [0.25, 0.3) is 0 Å². The van der Waals surface area contributed by atoms with Crippen molar-refractivity contribution in [1.82, 2.24) is 4.98 Å². The van der Waals surface area contributed by atoms with Gasteiger partial charge in [0, 0.05) is 0 Å². The molecule has 3 heteroatoms. The van der Waals surface area contributed by atoms with Crippen LogP contribution in [-0.4, -0.2) is 4.98 Å². The molecule has 0 aliphatic carbocycles. The summed E-state index contributed by atoms with van der Waals surface area (Å²) in [6, 6.07) is 8.58. The van der Waals surface area contributed by atoms with Gasteiger partial charge in [-0.1, -0.05) is 0 Å². The predicted molar refractivity (Wildman–Crippen MR) is 51.6 cm³/mol. The van der Waals surface area contributed by atoms with Crippen LogP contribution in [0.2, 0.25) is 9.26 Å². The molecule has 0 aliphatic heterocycles. The van der Waals surface area contributed by atoms with Crippen molar-refractivity contribution >= 4 is 15.5 Å². The van der Waals surface area contributed by atoms with E-state index >= 15 is 0 Å². The van der Waals surface area contributed by atoms with Crippen molar-refractivity contribution in [3.63, 3.8) is 0 Å². The molecule has 2 aromatic rings. The van der Waals surface area contributed by atoms with E-state index in [-0.39, 0.29) is 4.83 Å². The summed E-state index contributed by atoms with van der Waals surface area (Å²) in [6.45, 7) is 0. The Labute approximate surface area is 80.8 Å². The summed E-state index contributed by atoms with van der Waals surface area (Å²) >= 11 is -1.07. The monoisotopic (exact) mass is 254 g/mol. The Hall–Kier alpha value is 0.0731. The fourth-order valence-corrected chi connectivity index (χ4v) is 10.1. The summed E-state index contributed by atoms with van der Waals surface area (Å²) in [5.74, 6) is 2.22. The second-order valence-electron chi connectivity index (χ2n) is 3.05. The normalized spacial score (nSPS) is 12.0. The van der Waals surface area contributed by atoms with E-state index in [4.69, 9.17) is 0 Å². The molecule has 0 spiro atoms. The topological polar surface area (TPSA) is 12.9 Å². The van der Waals surface area contributed by atoms with Crippen LogP contribution in [0.3, 0.4) is 0 Å². The molecule has 0 saturated heterocycles. The van der Waals surface area contributed by atoms with Crippen LogP contribution in [0.15, 0.2) is 30.2 Å². The SMILES string of the molecule is [CH3][Zr]([CH3])[p]1cnc2ccccc21. The number of nitrogens with zero attached hydrogens (tertiary/aromatic N) is 1. The summed E-state index contributed by atoms with van der Waals surface area (Å²) in [5.41, 5.74) is 1.23. The Bertz CT molecular complexity index is 394. The molecule has 0 bridgehead atoms. The second kappa shape index (κ2) is 3.44. The molecule has 61 valence electrons. The summed E-state index contributed by atoms with van der Waals surface area (Å²) in [7, 11) is 0. The molecule has 0 fully saturated rings. The third-order valence-corrected chi connectivity index (χ3v) is 13.9.